The van der Waals surface area contributed by atoms with Gasteiger partial charge >= 0.3 is 0 Å². The Morgan fingerprint density at radius 1 is 1.67 bits per heavy atom. The highest BCUT2D eigenvalue weighted by atomic mass is 16.3. The first-order valence-electron chi connectivity index (χ1n) is 5.80. The summed E-state index contributed by atoms with van der Waals surface area (Å²) < 4.78 is 1.85. The molecule has 1 aromatic heterocycles. The van der Waals surface area contributed by atoms with Gasteiger partial charge in [-0.05, 0) is 31.6 Å². The van der Waals surface area contributed by atoms with Crippen LogP contribution in [0.5, 0.6) is 0 Å². The van der Waals surface area contributed by atoms with Crippen LogP contribution >= 0.6 is 0 Å². The summed E-state index contributed by atoms with van der Waals surface area (Å²) in [5, 5.41) is 18.6. The third kappa shape index (κ3) is 1.67. The number of hydrogen-bond acceptors (Lipinski definition) is 3. The summed E-state index contributed by atoms with van der Waals surface area (Å²) in [4.78, 5) is 0. The number of hydrogen-bond donors (Lipinski definition) is 1. The molecule has 0 saturated heterocycles. The van der Waals surface area contributed by atoms with E-state index in [9.17, 15) is 5.11 Å². The highest BCUT2D eigenvalue weighted by molar-refractivity contribution is 5.12. The summed E-state index contributed by atoms with van der Waals surface area (Å²) in [6.07, 6.45) is 5.76. The van der Waals surface area contributed by atoms with Gasteiger partial charge in [0.2, 0.25) is 0 Å². The van der Waals surface area contributed by atoms with E-state index in [1.165, 1.54) is 0 Å². The van der Waals surface area contributed by atoms with Gasteiger partial charge in [-0.25, -0.2) is 4.68 Å². The van der Waals surface area contributed by atoms with E-state index in [1.807, 2.05) is 4.68 Å². The number of aryl methyl sites for hydroxylation is 1. The molecule has 1 aliphatic rings. The molecule has 15 heavy (non-hydrogen) atoms. The summed E-state index contributed by atoms with van der Waals surface area (Å²) >= 11 is 0. The molecule has 0 spiro atoms. The first kappa shape index (κ1) is 10.6. The van der Waals surface area contributed by atoms with Crippen LogP contribution in [-0.2, 0) is 12.1 Å². The standard InChI is InChI=1S/C11H19N3O/c1-3-7-14-10(8-12-13-14)11(15)6-4-5-9(11)2/h8-9,15H,3-7H2,1-2H3. The van der Waals surface area contributed by atoms with Gasteiger partial charge in [-0.1, -0.05) is 19.1 Å². The van der Waals surface area contributed by atoms with Gasteiger partial charge in [-0.2, -0.15) is 0 Å². The Kier molecular flexibility index (Phi) is 2.78. The highest BCUT2D eigenvalue weighted by Crippen LogP contribution is 2.42. The molecule has 1 heterocycles. The van der Waals surface area contributed by atoms with Crippen LogP contribution in [0.1, 0.15) is 45.2 Å². The summed E-state index contributed by atoms with van der Waals surface area (Å²) in [5.74, 6) is 0.312. The topological polar surface area (TPSA) is 50.9 Å². The van der Waals surface area contributed by atoms with E-state index in [-0.39, 0.29) is 0 Å². The lowest BCUT2D eigenvalue weighted by molar-refractivity contribution is -0.00414. The fourth-order valence-electron chi connectivity index (χ4n) is 2.51. The van der Waals surface area contributed by atoms with E-state index < -0.39 is 5.60 Å². The molecule has 0 aromatic carbocycles. The molecule has 1 aromatic rings. The second kappa shape index (κ2) is 3.93. The van der Waals surface area contributed by atoms with Crippen LogP contribution < -0.4 is 0 Å². The van der Waals surface area contributed by atoms with Crippen LogP contribution in [0.25, 0.3) is 0 Å². The van der Waals surface area contributed by atoms with Gasteiger partial charge in [0.15, 0.2) is 0 Å². The molecule has 2 atom stereocenters. The zero-order valence-electron chi connectivity index (χ0n) is 9.48. The number of rotatable bonds is 3. The van der Waals surface area contributed by atoms with Crippen LogP contribution in [0.4, 0.5) is 0 Å². The fourth-order valence-corrected chi connectivity index (χ4v) is 2.51. The van der Waals surface area contributed by atoms with Gasteiger partial charge in [0.05, 0.1) is 11.9 Å². The van der Waals surface area contributed by atoms with Crippen molar-refractivity contribution in [3.63, 3.8) is 0 Å². The van der Waals surface area contributed by atoms with Crippen LogP contribution in [-0.4, -0.2) is 20.1 Å². The summed E-state index contributed by atoms with van der Waals surface area (Å²) in [7, 11) is 0. The van der Waals surface area contributed by atoms with Crippen molar-refractivity contribution in [1.29, 1.82) is 0 Å². The van der Waals surface area contributed by atoms with Gasteiger partial charge in [-0.15, -0.1) is 5.10 Å². The molecule has 2 unspecified atom stereocenters. The molecule has 1 fully saturated rings. The second-order valence-electron chi connectivity index (χ2n) is 4.56. The molecule has 4 nitrogen and oxygen atoms in total. The maximum absolute atomic E-state index is 10.6. The zero-order chi connectivity index (χ0) is 10.9. The van der Waals surface area contributed by atoms with E-state index in [0.29, 0.717) is 5.92 Å². The minimum absolute atomic E-state index is 0.312. The Bertz CT molecular complexity index is 336. The number of aliphatic hydroxyl groups is 1. The first-order valence-corrected chi connectivity index (χ1v) is 5.80. The molecule has 1 aliphatic carbocycles. The molecule has 4 heteroatoms. The van der Waals surface area contributed by atoms with Crippen molar-refractivity contribution in [2.45, 2.75) is 51.7 Å². The Morgan fingerprint density at radius 3 is 3.07 bits per heavy atom. The van der Waals surface area contributed by atoms with Crippen LogP contribution in [0.3, 0.4) is 0 Å². The lowest BCUT2D eigenvalue weighted by Crippen LogP contribution is -2.31. The van der Waals surface area contributed by atoms with Crippen molar-refractivity contribution in [1.82, 2.24) is 15.0 Å². The predicted octanol–water partition coefficient (Wildman–Crippen LogP) is 1.70. The highest BCUT2D eigenvalue weighted by Gasteiger charge is 2.42. The normalized spacial score (nSPS) is 31.0. The predicted molar refractivity (Wildman–Crippen MR) is 57.2 cm³/mol. The molecule has 0 aliphatic heterocycles. The zero-order valence-corrected chi connectivity index (χ0v) is 9.48. The van der Waals surface area contributed by atoms with Crippen molar-refractivity contribution in [3.05, 3.63) is 11.9 Å². The molecule has 0 amide bonds. The van der Waals surface area contributed by atoms with Crippen molar-refractivity contribution < 1.29 is 5.11 Å². The van der Waals surface area contributed by atoms with Crippen LogP contribution in [0.2, 0.25) is 0 Å². The maximum atomic E-state index is 10.6. The van der Waals surface area contributed by atoms with Gasteiger partial charge in [0.25, 0.3) is 0 Å². The Morgan fingerprint density at radius 2 is 2.47 bits per heavy atom. The average molecular weight is 209 g/mol. The third-order valence-electron chi connectivity index (χ3n) is 3.51. The van der Waals surface area contributed by atoms with Crippen molar-refractivity contribution >= 4 is 0 Å². The average Bonchev–Trinajstić information content (AvgIpc) is 2.77. The van der Waals surface area contributed by atoms with Crippen molar-refractivity contribution in [2.24, 2.45) is 5.92 Å². The fraction of sp³-hybridized carbons (Fsp3) is 0.818. The molecule has 2 rings (SSSR count). The van der Waals surface area contributed by atoms with E-state index in [1.54, 1.807) is 6.20 Å². The molecular formula is C11H19N3O. The lowest BCUT2D eigenvalue weighted by atomic mass is 9.89. The molecular weight excluding hydrogens is 190 g/mol. The smallest absolute Gasteiger partial charge is 0.110 e. The summed E-state index contributed by atoms with van der Waals surface area (Å²) in [5.41, 5.74) is 0.202. The minimum Gasteiger partial charge on any atom is -0.383 e. The largest absolute Gasteiger partial charge is 0.383 e. The summed E-state index contributed by atoms with van der Waals surface area (Å²) in [6, 6.07) is 0. The molecule has 0 bridgehead atoms. The van der Waals surface area contributed by atoms with Crippen LogP contribution in [0.15, 0.2) is 6.20 Å². The van der Waals surface area contributed by atoms with Gasteiger partial charge < -0.3 is 5.11 Å². The van der Waals surface area contributed by atoms with Gasteiger partial charge in [-0.3, -0.25) is 0 Å². The quantitative estimate of drug-likeness (QED) is 0.824. The minimum atomic E-state index is -0.696. The molecule has 84 valence electrons. The summed E-state index contributed by atoms with van der Waals surface area (Å²) in [6.45, 7) is 5.05. The monoisotopic (exact) mass is 209 g/mol. The van der Waals surface area contributed by atoms with Crippen LogP contribution in [0, 0.1) is 5.92 Å². The molecule has 1 saturated carbocycles. The molecule has 0 radical (unpaired) electrons. The van der Waals surface area contributed by atoms with E-state index in [0.717, 1.165) is 37.9 Å². The first-order chi connectivity index (χ1) is 7.18. The molecule has 1 N–H and O–H groups in total. The Hall–Kier alpha value is -0.900. The van der Waals surface area contributed by atoms with Gasteiger partial charge in [0, 0.05) is 6.54 Å². The SMILES string of the molecule is CCCn1nncc1C1(O)CCCC1C. The van der Waals surface area contributed by atoms with Crippen molar-refractivity contribution in [3.8, 4) is 0 Å². The Balaban J connectivity index is 2.31. The Labute approximate surface area is 90.3 Å². The van der Waals surface area contributed by atoms with Gasteiger partial charge in [0.1, 0.15) is 5.60 Å². The van der Waals surface area contributed by atoms with Crippen molar-refractivity contribution in [2.75, 3.05) is 0 Å². The maximum Gasteiger partial charge on any atom is 0.110 e. The number of aromatic nitrogens is 3. The second-order valence-corrected chi connectivity index (χ2v) is 4.56. The number of nitrogens with zero attached hydrogens (tertiary/aromatic N) is 3. The van der Waals surface area contributed by atoms with E-state index >= 15 is 0 Å². The van der Waals surface area contributed by atoms with E-state index in [4.69, 9.17) is 0 Å². The van der Waals surface area contributed by atoms with E-state index in [2.05, 4.69) is 24.2 Å². The lowest BCUT2D eigenvalue weighted by Gasteiger charge is -2.27. The third-order valence-corrected chi connectivity index (χ3v) is 3.51.